The summed E-state index contributed by atoms with van der Waals surface area (Å²) in [5.41, 5.74) is 0.430. The smallest absolute Gasteiger partial charge is 0.330 e. The Morgan fingerprint density at radius 2 is 2.08 bits per heavy atom. The zero-order valence-corrected chi connectivity index (χ0v) is 9.34. The Morgan fingerprint density at radius 3 is 2.46 bits per heavy atom. The molecule has 0 aliphatic heterocycles. The van der Waals surface area contributed by atoms with Gasteiger partial charge in [-0.2, -0.15) is 12.6 Å². The minimum absolute atomic E-state index is 0.318. The fourth-order valence-electron chi connectivity index (χ4n) is 1.28. The van der Waals surface area contributed by atoms with E-state index in [1.54, 1.807) is 6.92 Å². The molecule has 0 radical (unpaired) electrons. The van der Waals surface area contributed by atoms with Crippen LogP contribution in [0, 0.1) is 11.8 Å². The molecule has 2 nitrogen and oxygen atoms in total. The lowest BCUT2D eigenvalue weighted by Gasteiger charge is -2.11. The van der Waals surface area contributed by atoms with Crippen LogP contribution in [0.5, 0.6) is 0 Å². The maximum absolute atomic E-state index is 10.5. The lowest BCUT2D eigenvalue weighted by atomic mass is 9.97. The van der Waals surface area contributed by atoms with Gasteiger partial charge in [0, 0.05) is 5.57 Å². The molecule has 0 aromatic rings. The first kappa shape index (κ1) is 12.6. The first-order valence-corrected chi connectivity index (χ1v) is 5.13. The zero-order valence-electron chi connectivity index (χ0n) is 8.45. The molecule has 0 saturated carbocycles. The third-order valence-electron chi connectivity index (χ3n) is 1.96. The maximum atomic E-state index is 10.5. The topological polar surface area (TPSA) is 37.3 Å². The van der Waals surface area contributed by atoms with E-state index in [-0.39, 0.29) is 0 Å². The Morgan fingerprint density at radius 1 is 1.54 bits per heavy atom. The normalized spacial score (nSPS) is 16.8. The minimum atomic E-state index is -0.828. The molecule has 1 N–H and O–H groups in total. The van der Waals surface area contributed by atoms with Crippen molar-refractivity contribution in [3.05, 3.63) is 11.6 Å². The van der Waals surface area contributed by atoms with E-state index in [1.807, 2.05) is 13.0 Å². The monoisotopic (exact) mass is 202 g/mol. The first-order valence-electron chi connectivity index (χ1n) is 4.50. The summed E-state index contributed by atoms with van der Waals surface area (Å²) < 4.78 is 0. The molecule has 0 spiro atoms. The van der Waals surface area contributed by atoms with E-state index in [2.05, 4.69) is 19.6 Å². The number of hydrogen-bond donors (Lipinski definition) is 2. The number of rotatable bonds is 5. The molecule has 0 aromatic heterocycles. The van der Waals surface area contributed by atoms with Crippen molar-refractivity contribution in [2.75, 3.05) is 5.75 Å². The van der Waals surface area contributed by atoms with Crippen LogP contribution in [0.3, 0.4) is 0 Å². The van der Waals surface area contributed by atoms with Crippen LogP contribution in [0.1, 0.15) is 27.2 Å². The van der Waals surface area contributed by atoms with E-state index < -0.39 is 5.97 Å². The average Bonchev–Trinajstić information content (AvgIpc) is 2.03. The van der Waals surface area contributed by atoms with Crippen molar-refractivity contribution >= 4 is 18.6 Å². The van der Waals surface area contributed by atoms with Crippen molar-refractivity contribution in [2.24, 2.45) is 11.8 Å². The highest BCUT2D eigenvalue weighted by Crippen LogP contribution is 2.15. The summed E-state index contributed by atoms with van der Waals surface area (Å²) in [6.45, 7) is 5.78. The molecule has 0 heterocycles. The Balaban J connectivity index is 4.06. The Bertz CT molecular complexity index is 199. The third kappa shape index (κ3) is 5.75. The van der Waals surface area contributed by atoms with Crippen molar-refractivity contribution in [1.82, 2.24) is 0 Å². The van der Waals surface area contributed by atoms with Crippen LogP contribution < -0.4 is 0 Å². The van der Waals surface area contributed by atoms with Crippen molar-refractivity contribution in [3.8, 4) is 0 Å². The number of carboxylic acid groups (broad SMARTS) is 1. The summed E-state index contributed by atoms with van der Waals surface area (Å²) in [4.78, 5) is 10.5. The van der Waals surface area contributed by atoms with Gasteiger partial charge in [0.1, 0.15) is 0 Å². The molecule has 0 rings (SSSR count). The zero-order chi connectivity index (χ0) is 10.4. The second-order valence-corrected chi connectivity index (χ2v) is 4.02. The lowest BCUT2D eigenvalue weighted by Crippen LogP contribution is -2.05. The average molecular weight is 202 g/mol. The molecule has 2 unspecified atom stereocenters. The second kappa shape index (κ2) is 6.08. The molecule has 13 heavy (non-hydrogen) atoms. The van der Waals surface area contributed by atoms with Crippen LogP contribution >= 0.6 is 12.6 Å². The fourth-order valence-corrected chi connectivity index (χ4v) is 1.42. The number of thiol groups is 1. The maximum Gasteiger partial charge on any atom is 0.330 e. The third-order valence-corrected chi connectivity index (χ3v) is 2.58. The van der Waals surface area contributed by atoms with E-state index in [0.717, 1.165) is 12.2 Å². The van der Waals surface area contributed by atoms with Gasteiger partial charge in [0.05, 0.1) is 0 Å². The van der Waals surface area contributed by atoms with Crippen molar-refractivity contribution in [2.45, 2.75) is 27.2 Å². The molecule has 0 amide bonds. The molecule has 0 aromatic carbocycles. The van der Waals surface area contributed by atoms with E-state index in [9.17, 15) is 4.79 Å². The standard InChI is InChI=1S/C10H18O2S/c1-7(4-8(2)6-13)5-9(3)10(11)12/h5,7-8,13H,4,6H2,1-3H3,(H,11,12)/b9-5+. The van der Waals surface area contributed by atoms with E-state index in [4.69, 9.17) is 5.11 Å². The molecule has 3 heteroatoms. The van der Waals surface area contributed by atoms with Crippen molar-refractivity contribution in [1.29, 1.82) is 0 Å². The summed E-state index contributed by atoms with van der Waals surface area (Å²) >= 11 is 4.18. The van der Waals surface area contributed by atoms with Crippen LogP contribution in [-0.2, 0) is 4.79 Å². The van der Waals surface area contributed by atoms with E-state index in [1.165, 1.54) is 0 Å². The molecule has 0 aliphatic rings. The molecule has 2 atom stereocenters. The van der Waals surface area contributed by atoms with Crippen molar-refractivity contribution < 1.29 is 9.90 Å². The number of allylic oxidation sites excluding steroid dienone is 1. The Kier molecular flexibility index (Phi) is 5.88. The van der Waals surface area contributed by atoms with E-state index >= 15 is 0 Å². The van der Waals surface area contributed by atoms with Crippen molar-refractivity contribution in [3.63, 3.8) is 0 Å². The molecular weight excluding hydrogens is 184 g/mol. The number of aliphatic carboxylic acids is 1. The molecule has 0 aliphatic carbocycles. The summed E-state index contributed by atoms with van der Waals surface area (Å²) in [7, 11) is 0. The van der Waals surface area contributed by atoms with Crippen LogP contribution in [0.2, 0.25) is 0 Å². The Hall–Kier alpha value is -0.440. The minimum Gasteiger partial charge on any atom is -0.478 e. The fraction of sp³-hybridized carbons (Fsp3) is 0.700. The molecular formula is C10H18O2S. The molecule has 76 valence electrons. The van der Waals surface area contributed by atoms with Gasteiger partial charge in [0.15, 0.2) is 0 Å². The Labute approximate surface area is 85.4 Å². The summed E-state index contributed by atoms with van der Waals surface area (Å²) in [6, 6.07) is 0. The number of carboxylic acids is 1. The van der Waals surface area contributed by atoms with E-state index in [0.29, 0.717) is 17.4 Å². The van der Waals surface area contributed by atoms with Gasteiger partial charge < -0.3 is 5.11 Å². The molecule has 0 fully saturated rings. The summed E-state index contributed by atoms with van der Waals surface area (Å²) in [6.07, 6.45) is 2.80. The number of carbonyl (C=O) groups is 1. The summed E-state index contributed by atoms with van der Waals surface area (Å²) in [5, 5.41) is 8.64. The van der Waals surface area contributed by atoms with Gasteiger partial charge in [-0.05, 0) is 30.9 Å². The highest BCUT2D eigenvalue weighted by atomic mass is 32.1. The lowest BCUT2D eigenvalue weighted by molar-refractivity contribution is -0.132. The highest BCUT2D eigenvalue weighted by molar-refractivity contribution is 7.80. The van der Waals surface area contributed by atoms with Gasteiger partial charge in [-0.15, -0.1) is 0 Å². The van der Waals surface area contributed by atoms with Crippen LogP contribution in [0.25, 0.3) is 0 Å². The quantitative estimate of drug-likeness (QED) is 0.531. The predicted octanol–water partition coefficient (Wildman–Crippen LogP) is 2.61. The van der Waals surface area contributed by atoms with Crippen LogP contribution in [0.4, 0.5) is 0 Å². The van der Waals surface area contributed by atoms with Crippen LogP contribution in [0.15, 0.2) is 11.6 Å². The van der Waals surface area contributed by atoms with Crippen LogP contribution in [-0.4, -0.2) is 16.8 Å². The highest BCUT2D eigenvalue weighted by Gasteiger charge is 2.07. The summed E-state index contributed by atoms with van der Waals surface area (Å²) in [5.74, 6) is 0.879. The molecule has 0 saturated heterocycles. The first-order chi connectivity index (χ1) is 5.97. The molecule has 0 bridgehead atoms. The van der Waals surface area contributed by atoms with Gasteiger partial charge in [0.2, 0.25) is 0 Å². The predicted molar refractivity (Wildman–Crippen MR) is 58.2 cm³/mol. The number of hydrogen-bond acceptors (Lipinski definition) is 2. The van der Waals surface area contributed by atoms with Gasteiger partial charge in [-0.25, -0.2) is 4.79 Å². The SMILES string of the molecule is C/C(=C\C(C)CC(C)CS)C(=O)O. The largest absolute Gasteiger partial charge is 0.478 e. The van der Waals surface area contributed by atoms with Gasteiger partial charge in [0.25, 0.3) is 0 Å². The van der Waals surface area contributed by atoms with Gasteiger partial charge in [-0.3, -0.25) is 0 Å². The van der Waals surface area contributed by atoms with Gasteiger partial charge >= 0.3 is 5.97 Å². The van der Waals surface area contributed by atoms with Gasteiger partial charge in [-0.1, -0.05) is 19.9 Å². The second-order valence-electron chi connectivity index (χ2n) is 3.66.